The van der Waals surface area contributed by atoms with Crippen LogP contribution in [0.5, 0.6) is 11.5 Å². The number of nitrogens with zero attached hydrogens (tertiary/aromatic N) is 1. The zero-order valence-corrected chi connectivity index (χ0v) is 11.9. The molecule has 1 aromatic carbocycles. The van der Waals surface area contributed by atoms with Gasteiger partial charge in [0, 0.05) is 12.6 Å². The Morgan fingerprint density at radius 3 is 2.67 bits per heavy atom. The number of rotatable bonds is 4. The van der Waals surface area contributed by atoms with Crippen molar-refractivity contribution in [2.75, 3.05) is 21.3 Å². The Balaban J connectivity index is 2.94. The van der Waals surface area contributed by atoms with Gasteiger partial charge in [-0.25, -0.2) is 0 Å². The van der Waals surface area contributed by atoms with Crippen LogP contribution in [-0.2, 0) is 0 Å². The van der Waals surface area contributed by atoms with E-state index in [1.807, 2.05) is 0 Å². The van der Waals surface area contributed by atoms with Gasteiger partial charge in [0.15, 0.2) is 16.6 Å². The highest BCUT2D eigenvalue weighted by atomic mass is 35.5. The molecule has 0 aliphatic heterocycles. The van der Waals surface area contributed by atoms with E-state index in [-0.39, 0.29) is 0 Å². The van der Waals surface area contributed by atoms with Crippen molar-refractivity contribution in [2.45, 2.75) is 0 Å². The molecule has 0 aliphatic rings. The summed E-state index contributed by atoms with van der Waals surface area (Å²) >= 11 is 11.0. The molecule has 1 aromatic rings. The van der Waals surface area contributed by atoms with Gasteiger partial charge in [0.2, 0.25) is 0 Å². The molecular weight excluding hydrogens is 274 g/mol. The third-order valence-electron chi connectivity index (χ3n) is 2.11. The largest absolute Gasteiger partial charge is 0.493 e. The predicted molar refractivity (Wildman–Crippen MR) is 76.9 cm³/mol. The number of thiocarbonyl (C=S) groups is 1. The SMILES string of the molecule is CNC(=S)N/N=C/c1ccc(OC)c(OC)c1Cl. The second-order valence-electron chi connectivity index (χ2n) is 3.15. The maximum absolute atomic E-state index is 6.17. The summed E-state index contributed by atoms with van der Waals surface area (Å²) in [5, 5.41) is 7.53. The molecule has 5 nitrogen and oxygen atoms in total. The van der Waals surface area contributed by atoms with Gasteiger partial charge < -0.3 is 14.8 Å². The highest BCUT2D eigenvalue weighted by Crippen LogP contribution is 2.36. The van der Waals surface area contributed by atoms with Crippen molar-refractivity contribution in [1.82, 2.24) is 10.7 Å². The minimum Gasteiger partial charge on any atom is -0.493 e. The number of hydrogen-bond donors (Lipinski definition) is 2. The molecule has 0 atom stereocenters. The van der Waals surface area contributed by atoms with Gasteiger partial charge in [-0.2, -0.15) is 5.10 Å². The molecular formula is C11H14ClN3O2S. The van der Waals surface area contributed by atoms with Crippen molar-refractivity contribution < 1.29 is 9.47 Å². The van der Waals surface area contributed by atoms with Crippen molar-refractivity contribution in [3.05, 3.63) is 22.7 Å². The topological polar surface area (TPSA) is 54.9 Å². The normalized spacial score (nSPS) is 10.2. The van der Waals surface area contributed by atoms with Crippen molar-refractivity contribution in [1.29, 1.82) is 0 Å². The fourth-order valence-corrected chi connectivity index (χ4v) is 1.56. The summed E-state index contributed by atoms with van der Waals surface area (Å²) in [7, 11) is 4.78. The molecule has 0 saturated carbocycles. The molecule has 0 bridgehead atoms. The first-order valence-electron chi connectivity index (χ1n) is 5.05. The first kappa shape index (κ1) is 14.5. The number of methoxy groups -OCH3 is 2. The molecule has 0 unspecified atom stereocenters. The average molecular weight is 288 g/mol. The highest BCUT2D eigenvalue weighted by Gasteiger charge is 2.11. The van der Waals surface area contributed by atoms with Crippen molar-refractivity contribution in [3.63, 3.8) is 0 Å². The van der Waals surface area contributed by atoms with Crippen LogP contribution < -0.4 is 20.2 Å². The Hall–Kier alpha value is -1.53. The van der Waals surface area contributed by atoms with E-state index in [9.17, 15) is 0 Å². The van der Waals surface area contributed by atoms with Gasteiger partial charge in [-0.1, -0.05) is 11.6 Å². The van der Waals surface area contributed by atoms with E-state index >= 15 is 0 Å². The van der Waals surface area contributed by atoms with Crippen LogP contribution in [0.2, 0.25) is 5.02 Å². The molecule has 0 radical (unpaired) electrons. The summed E-state index contributed by atoms with van der Waals surface area (Å²) in [4.78, 5) is 0. The first-order chi connectivity index (χ1) is 8.63. The third kappa shape index (κ3) is 3.48. The fourth-order valence-electron chi connectivity index (χ4n) is 1.22. The van der Waals surface area contributed by atoms with Crippen LogP contribution in [0.25, 0.3) is 0 Å². The number of ether oxygens (including phenoxy) is 2. The van der Waals surface area contributed by atoms with Crippen molar-refractivity contribution in [2.24, 2.45) is 5.10 Å². The maximum Gasteiger partial charge on any atom is 0.186 e. The van der Waals surface area contributed by atoms with E-state index in [4.69, 9.17) is 33.3 Å². The minimum absolute atomic E-state index is 0.419. The van der Waals surface area contributed by atoms with Crippen LogP contribution in [0.15, 0.2) is 17.2 Å². The summed E-state index contributed by atoms with van der Waals surface area (Å²) in [5.41, 5.74) is 3.33. The van der Waals surface area contributed by atoms with Crippen LogP contribution in [0.3, 0.4) is 0 Å². The Morgan fingerprint density at radius 1 is 1.39 bits per heavy atom. The van der Waals surface area contributed by atoms with Crippen molar-refractivity contribution >= 4 is 35.1 Å². The standard InChI is InChI=1S/C11H14ClN3O2S/c1-13-11(18)15-14-6-7-4-5-8(16-2)10(17-3)9(7)12/h4-6H,1-3H3,(H2,13,15,18)/b14-6+. The van der Waals surface area contributed by atoms with Gasteiger partial charge in [0.1, 0.15) is 0 Å². The fraction of sp³-hybridized carbons (Fsp3) is 0.273. The molecule has 2 N–H and O–H groups in total. The average Bonchev–Trinajstić information content (AvgIpc) is 2.39. The summed E-state index contributed by atoms with van der Waals surface area (Å²) in [6.45, 7) is 0. The maximum atomic E-state index is 6.17. The van der Waals surface area contributed by atoms with Crippen LogP contribution in [0.1, 0.15) is 5.56 Å². The van der Waals surface area contributed by atoms with Gasteiger partial charge in [0.25, 0.3) is 0 Å². The monoisotopic (exact) mass is 287 g/mol. The molecule has 1 rings (SSSR count). The number of benzene rings is 1. The quantitative estimate of drug-likeness (QED) is 0.502. The molecule has 7 heteroatoms. The molecule has 0 heterocycles. The molecule has 0 spiro atoms. The second kappa shape index (κ2) is 7.03. The van der Waals surface area contributed by atoms with Gasteiger partial charge in [-0.3, -0.25) is 5.43 Å². The lowest BCUT2D eigenvalue weighted by Crippen LogP contribution is -2.28. The number of hydrogen-bond acceptors (Lipinski definition) is 4. The lowest BCUT2D eigenvalue weighted by Gasteiger charge is -2.10. The lowest BCUT2D eigenvalue weighted by atomic mass is 10.2. The van der Waals surface area contributed by atoms with Crippen LogP contribution in [0.4, 0.5) is 0 Å². The number of hydrazone groups is 1. The lowest BCUT2D eigenvalue weighted by molar-refractivity contribution is 0.355. The molecule has 0 aromatic heterocycles. The van der Waals surface area contributed by atoms with Gasteiger partial charge in [-0.15, -0.1) is 0 Å². The van der Waals surface area contributed by atoms with Gasteiger partial charge in [-0.05, 0) is 24.4 Å². The molecule has 0 amide bonds. The minimum atomic E-state index is 0.419. The summed E-state index contributed by atoms with van der Waals surface area (Å²) in [6.07, 6.45) is 1.55. The highest BCUT2D eigenvalue weighted by molar-refractivity contribution is 7.80. The van der Waals surface area contributed by atoms with Gasteiger partial charge >= 0.3 is 0 Å². The third-order valence-corrected chi connectivity index (χ3v) is 2.80. The summed E-state index contributed by atoms with van der Waals surface area (Å²) in [6, 6.07) is 3.53. The van der Waals surface area contributed by atoms with E-state index in [0.717, 1.165) is 0 Å². The number of halogens is 1. The van der Waals surface area contributed by atoms with E-state index in [1.54, 1.807) is 32.5 Å². The van der Waals surface area contributed by atoms with E-state index in [2.05, 4.69) is 15.8 Å². The predicted octanol–water partition coefficient (Wildman–Crippen LogP) is 1.78. The van der Waals surface area contributed by atoms with E-state index in [1.165, 1.54) is 7.11 Å². The Kier molecular flexibility index (Phi) is 5.67. The molecule has 0 aliphatic carbocycles. The zero-order valence-electron chi connectivity index (χ0n) is 10.3. The summed E-state index contributed by atoms with van der Waals surface area (Å²) < 4.78 is 10.3. The molecule has 0 fully saturated rings. The number of nitrogens with one attached hydrogen (secondary N) is 2. The smallest absolute Gasteiger partial charge is 0.186 e. The van der Waals surface area contributed by atoms with Crippen LogP contribution in [0, 0.1) is 0 Å². The molecule has 18 heavy (non-hydrogen) atoms. The van der Waals surface area contributed by atoms with Gasteiger partial charge in [0.05, 0.1) is 25.5 Å². The van der Waals surface area contributed by atoms with Crippen LogP contribution >= 0.6 is 23.8 Å². The zero-order chi connectivity index (χ0) is 13.5. The summed E-state index contributed by atoms with van der Waals surface area (Å²) in [5.74, 6) is 1.04. The Morgan fingerprint density at radius 2 is 2.11 bits per heavy atom. The first-order valence-corrected chi connectivity index (χ1v) is 5.84. The molecule has 0 saturated heterocycles. The van der Waals surface area contributed by atoms with Crippen LogP contribution in [-0.4, -0.2) is 32.6 Å². The van der Waals surface area contributed by atoms with E-state index < -0.39 is 0 Å². The Bertz CT molecular complexity index is 466. The Labute approximate surface area is 116 Å². The second-order valence-corrected chi connectivity index (χ2v) is 3.94. The van der Waals surface area contributed by atoms with Crippen molar-refractivity contribution in [3.8, 4) is 11.5 Å². The van der Waals surface area contributed by atoms with E-state index in [0.29, 0.717) is 27.2 Å². The molecule has 98 valence electrons.